The fourth-order valence-corrected chi connectivity index (χ4v) is 8.42. The van der Waals surface area contributed by atoms with E-state index in [9.17, 15) is 24.5 Å². The molecule has 10 heteroatoms. The first-order chi connectivity index (χ1) is 32.4. The molecule has 1 amide bonds. The highest BCUT2D eigenvalue weighted by molar-refractivity contribution is 7.47. The van der Waals surface area contributed by atoms with E-state index >= 15 is 0 Å². The average molecular weight is 962 g/mol. The van der Waals surface area contributed by atoms with Crippen LogP contribution in [0.4, 0.5) is 0 Å². The minimum atomic E-state index is -4.43. The standard InChI is InChI=1S/C57H105N2O7P/c1-6-8-10-12-14-16-18-20-21-22-23-24-25-26-27-28-29-30-31-32-33-34-35-36-37-38-40-42-44-46-48-50-56(61)58-54(53-66-67(63,64)65-52-51-59(3,4)5)57(62)55(60)49-47-45-43-41-39-19-17-15-13-11-9-7-2/h8,10,14-17,20-21,23-24,41,43,54-55,57,60,62H,6-7,9,11-13,18-19,22,25-40,42,44-53H2,1-5H3,(H-,58,61,63,64)/p+1/b10-8-,16-14-,17-15+,21-20-,24-23-,43-41+. The Bertz CT molecular complexity index is 1340. The molecule has 0 fully saturated rings. The van der Waals surface area contributed by atoms with E-state index in [1.54, 1.807) is 0 Å². The summed E-state index contributed by atoms with van der Waals surface area (Å²) in [5.74, 6) is -0.273. The van der Waals surface area contributed by atoms with Crippen molar-refractivity contribution in [2.45, 2.75) is 244 Å². The van der Waals surface area contributed by atoms with Gasteiger partial charge in [-0.15, -0.1) is 0 Å². The van der Waals surface area contributed by atoms with Crippen LogP contribution < -0.4 is 5.32 Å². The third-order valence-electron chi connectivity index (χ3n) is 12.0. The summed E-state index contributed by atoms with van der Waals surface area (Å²) in [7, 11) is 1.41. The van der Waals surface area contributed by atoms with Gasteiger partial charge in [-0.05, 0) is 89.9 Å². The maximum absolute atomic E-state index is 13.0. The number of hydrogen-bond donors (Lipinski definition) is 4. The number of phosphoric ester groups is 1. The van der Waals surface area contributed by atoms with Gasteiger partial charge in [0.25, 0.3) is 0 Å². The molecule has 0 aromatic heterocycles. The molecule has 0 rings (SSSR count). The molecule has 0 aliphatic rings. The highest BCUT2D eigenvalue weighted by Crippen LogP contribution is 2.43. The predicted molar refractivity (Wildman–Crippen MR) is 287 cm³/mol. The number of nitrogens with one attached hydrogen (secondary N) is 1. The van der Waals surface area contributed by atoms with E-state index in [2.05, 4.69) is 92.1 Å². The molecule has 9 nitrogen and oxygen atoms in total. The van der Waals surface area contributed by atoms with Crippen LogP contribution in [0.2, 0.25) is 0 Å². The summed E-state index contributed by atoms with van der Waals surface area (Å²) < 4.78 is 23.6. The minimum absolute atomic E-state index is 0.0123. The van der Waals surface area contributed by atoms with E-state index in [0.29, 0.717) is 23.9 Å². The lowest BCUT2D eigenvalue weighted by atomic mass is 10.0. The van der Waals surface area contributed by atoms with Gasteiger partial charge in [0.2, 0.25) is 5.91 Å². The number of carbonyl (C=O) groups is 1. The first-order valence-corrected chi connectivity index (χ1v) is 28.9. The van der Waals surface area contributed by atoms with Crippen LogP contribution in [0.25, 0.3) is 0 Å². The molecule has 0 aliphatic heterocycles. The number of aliphatic hydroxyl groups is 2. The van der Waals surface area contributed by atoms with Crippen LogP contribution in [0.1, 0.15) is 226 Å². The van der Waals surface area contributed by atoms with E-state index in [4.69, 9.17) is 9.05 Å². The molecule has 0 aromatic carbocycles. The van der Waals surface area contributed by atoms with Crippen molar-refractivity contribution in [1.29, 1.82) is 0 Å². The number of carbonyl (C=O) groups excluding carboxylic acids is 1. The molecule has 390 valence electrons. The van der Waals surface area contributed by atoms with Crippen LogP contribution in [-0.4, -0.2) is 84.6 Å². The van der Waals surface area contributed by atoms with Crippen LogP contribution in [0.5, 0.6) is 0 Å². The molecule has 0 spiro atoms. The smallest absolute Gasteiger partial charge is 0.390 e. The van der Waals surface area contributed by atoms with Crippen molar-refractivity contribution in [2.75, 3.05) is 40.9 Å². The van der Waals surface area contributed by atoms with Gasteiger partial charge >= 0.3 is 7.82 Å². The zero-order chi connectivity index (χ0) is 49.4. The van der Waals surface area contributed by atoms with Gasteiger partial charge in [-0.1, -0.05) is 202 Å². The molecule has 0 saturated carbocycles. The number of nitrogens with zero attached hydrogens (tertiary/aromatic N) is 1. The van der Waals surface area contributed by atoms with Gasteiger partial charge in [-0.3, -0.25) is 13.8 Å². The van der Waals surface area contributed by atoms with E-state index in [1.807, 2.05) is 21.1 Å². The van der Waals surface area contributed by atoms with Crippen LogP contribution in [0.3, 0.4) is 0 Å². The second-order valence-corrected chi connectivity index (χ2v) is 21.1. The summed E-state index contributed by atoms with van der Waals surface area (Å²) in [6.45, 7) is 4.43. The fourth-order valence-electron chi connectivity index (χ4n) is 7.68. The zero-order valence-electron chi connectivity index (χ0n) is 44.0. The molecule has 0 aliphatic carbocycles. The number of likely N-dealkylation sites (N-methyl/N-ethyl adjacent to an activating group) is 1. The van der Waals surface area contributed by atoms with Gasteiger partial charge in [0.05, 0.1) is 39.9 Å². The normalized spacial score (nSPS) is 15.0. The molecule has 0 radical (unpaired) electrons. The lowest BCUT2D eigenvalue weighted by Crippen LogP contribution is -2.51. The molecule has 0 saturated heterocycles. The predicted octanol–water partition coefficient (Wildman–Crippen LogP) is 15.3. The van der Waals surface area contributed by atoms with Crippen LogP contribution in [0.15, 0.2) is 72.9 Å². The molecule has 4 N–H and O–H groups in total. The Hall–Kier alpha value is -2.10. The maximum Gasteiger partial charge on any atom is 0.472 e. The molecule has 4 atom stereocenters. The number of allylic oxidation sites excluding steroid dienone is 12. The number of quaternary nitrogens is 1. The van der Waals surface area contributed by atoms with Gasteiger partial charge < -0.3 is 24.9 Å². The van der Waals surface area contributed by atoms with Gasteiger partial charge in [0.15, 0.2) is 0 Å². The summed E-state index contributed by atoms with van der Waals surface area (Å²) in [5, 5.41) is 24.7. The number of hydrogen-bond acceptors (Lipinski definition) is 6. The highest BCUT2D eigenvalue weighted by Gasteiger charge is 2.31. The Morgan fingerprint density at radius 1 is 0.537 bits per heavy atom. The second-order valence-electron chi connectivity index (χ2n) is 19.7. The highest BCUT2D eigenvalue weighted by atomic mass is 31.2. The summed E-state index contributed by atoms with van der Waals surface area (Å²) in [6.07, 6.45) is 61.4. The molecule has 0 bridgehead atoms. The van der Waals surface area contributed by atoms with Crippen molar-refractivity contribution >= 4 is 13.7 Å². The van der Waals surface area contributed by atoms with Crippen LogP contribution >= 0.6 is 7.82 Å². The van der Waals surface area contributed by atoms with Crippen molar-refractivity contribution in [3.05, 3.63) is 72.9 Å². The molecule has 4 unspecified atom stereocenters. The SMILES string of the molecule is CC/C=C\C/C=C\C/C=C\C/C=C\CCCCCCCCCCCCCCCCCCCCC(=O)NC(COP(=O)(O)OCC[N+](C)(C)C)C(O)C(O)CCC/C=C/CC/C=C/CCCCC. The van der Waals surface area contributed by atoms with E-state index < -0.39 is 32.7 Å². The van der Waals surface area contributed by atoms with Gasteiger partial charge in [-0.2, -0.15) is 0 Å². The summed E-state index contributed by atoms with van der Waals surface area (Å²) in [6, 6.07) is -1.06. The van der Waals surface area contributed by atoms with Gasteiger partial charge in [-0.25, -0.2) is 4.57 Å². The second kappa shape index (κ2) is 47.6. The van der Waals surface area contributed by atoms with Crippen molar-refractivity contribution in [3.63, 3.8) is 0 Å². The van der Waals surface area contributed by atoms with Gasteiger partial charge in [0.1, 0.15) is 19.3 Å². The summed E-state index contributed by atoms with van der Waals surface area (Å²) in [5.41, 5.74) is 0. The summed E-state index contributed by atoms with van der Waals surface area (Å²) >= 11 is 0. The maximum atomic E-state index is 13.0. The number of aliphatic hydroxyl groups excluding tert-OH is 2. The zero-order valence-corrected chi connectivity index (χ0v) is 44.9. The first-order valence-electron chi connectivity index (χ1n) is 27.4. The topological polar surface area (TPSA) is 125 Å². The van der Waals surface area contributed by atoms with Crippen molar-refractivity contribution in [3.8, 4) is 0 Å². The molecular formula is C57H106N2O7P+. The summed E-state index contributed by atoms with van der Waals surface area (Å²) in [4.78, 5) is 23.3. The number of unbranched alkanes of at least 4 members (excludes halogenated alkanes) is 23. The molecular weight excluding hydrogens is 856 g/mol. The lowest BCUT2D eigenvalue weighted by Gasteiger charge is -2.28. The average Bonchev–Trinajstić information content (AvgIpc) is 3.29. The Balaban J connectivity index is 4.16. The van der Waals surface area contributed by atoms with E-state index in [-0.39, 0.29) is 18.9 Å². The third-order valence-corrected chi connectivity index (χ3v) is 13.0. The lowest BCUT2D eigenvalue weighted by molar-refractivity contribution is -0.870. The van der Waals surface area contributed by atoms with Gasteiger partial charge in [0, 0.05) is 6.42 Å². The Kier molecular flexibility index (Phi) is 46.1. The Morgan fingerprint density at radius 3 is 1.42 bits per heavy atom. The number of phosphoric acid groups is 1. The van der Waals surface area contributed by atoms with E-state index in [1.165, 1.54) is 122 Å². The van der Waals surface area contributed by atoms with Crippen LogP contribution in [0, 0.1) is 0 Å². The molecule has 67 heavy (non-hydrogen) atoms. The van der Waals surface area contributed by atoms with Crippen molar-refractivity contribution in [1.82, 2.24) is 5.32 Å². The minimum Gasteiger partial charge on any atom is -0.390 e. The number of amides is 1. The third kappa shape index (κ3) is 48.7. The van der Waals surface area contributed by atoms with Crippen LogP contribution in [-0.2, 0) is 18.4 Å². The first kappa shape index (κ1) is 64.9. The van der Waals surface area contributed by atoms with E-state index in [0.717, 1.165) is 70.6 Å². The molecule has 0 aromatic rings. The fraction of sp³-hybridized carbons (Fsp3) is 0.772. The number of rotatable bonds is 49. The quantitative estimate of drug-likeness (QED) is 0.0207. The Labute approximate surface area is 413 Å². The Morgan fingerprint density at radius 2 is 0.940 bits per heavy atom. The molecule has 0 heterocycles. The van der Waals surface area contributed by atoms with Crippen molar-refractivity contribution in [2.24, 2.45) is 0 Å². The largest absolute Gasteiger partial charge is 0.472 e. The monoisotopic (exact) mass is 962 g/mol. The van der Waals surface area contributed by atoms with Crippen molar-refractivity contribution < 1.29 is 38.0 Å².